The summed E-state index contributed by atoms with van der Waals surface area (Å²) in [5.74, 6) is 0.726. The summed E-state index contributed by atoms with van der Waals surface area (Å²) in [6, 6.07) is 7.27. The van der Waals surface area contributed by atoms with Gasteiger partial charge in [-0.2, -0.15) is 0 Å². The van der Waals surface area contributed by atoms with E-state index < -0.39 is 29.7 Å². The first-order valence-electron chi connectivity index (χ1n) is 8.14. The Bertz CT molecular complexity index is 899. The summed E-state index contributed by atoms with van der Waals surface area (Å²) in [7, 11) is 1.58. The zero-order chi connectivity index (χ0) is 18.7. The number of rotatable bonds is 5. The molecule has 2 aromatic rings. The van der Waals surface area contributed by atoms with Crippen molar-refractivity contribution in [2.24, 2.45) is 0 Å². The van der Waals surface area contributed by atoms with Crippen molar-refractivity contribution in [3.63, 3.8) is 0 Å². The Hall–Kier alpha value is -2.68. The highest BCUT2D eigenvalue weighted by molar-refractivity contribution is 5.69. The summed E-state index contributed by atoms with van der Waals surface area (Å²) in [4.78, 5) is 26.4. The van der Waals surface area contributed by atoms with E-state index in [0.29, 0.717) is 0 Å². The van der Waals surface area contributed by atoms with Crippen LogP contribution < -0.4 is 16.0 Å². The van der Waals surface area contributed by atoms with Crippen LogP contribution in [0, 0.1) is 0 Å². The minimum Gasteiger partial charge on any atom is -0.497 e. The van der Waals surface area contributed by atoms with Crippen molar-refractivity contribution in [1.29, 1.82) is 0 Å². The minimum atomic E-state index is -0.873. The monoisotopic (exact) mass is 360 g/mol. The lowest BCUT2D eigenvalue weighted by atomic mass is 10.1. The lowest BCUT2D eigenvalue weighted by molar-refractivity contribution is -0.0459. The molecule has 8 heteroatoms. The highest BCUT2D eigenvalue weighted by Crippen LogP contribution is 2.27. The number of nitrogens with zero attached hydrogens (tertiary/aromatic N) is 1. The second-order valence-corrected chi connectivity index (χ2v) is 5.97. The van der Waals surface area contributed by atoms with E-state index in [1.165, 1.54) is 10.8 Å². The molecule has 1 aromatic heterocycles. The molecule has 138 valence electrons. The molecule has 0 radical (unpaired) electrons. The number of aromatic amines is 1. The van der Waals surface area contributed by atoms with Gasteiger partial charge in [-0.25, -0.2) is 4.79 Å². The molecule has 1 unspecified atom stereocenters. The fourth-order valence-electron chi connectivity index (χ4n) is 2.78. The van der Waals surface area contributed by atoms with Crippen LogP contribution in [0.25, 0.3) is 12.2 Å². The second kappa shape index (κ2) is 7.69. The molecular weight excluding hydrogens is 340 g/mol. The van der Waals surface area contributed by atoms with Crippen LogP contribution in [-0.4, -0.2) is 45.7 Å². The van der Waals surface area contributed by atoms with Gasteiger partial charge in [-0.05, 0) is 23.8 Å². The van der Waals surface area contributed by atoms with Gasteiger partial charge in [0.1, 0.15) is 18.1 Å². The Balaban J connectivity index is 1.87. The third-order valence-corrected chi connectivity index (χ3v) is 4.26. The summed E-state index contributed by atoms with van der Waals surface area (Å²) in [5, 5.41) is 19.0. The second-order valence-electron chi connectivity index (χ2n) is 5.97. The van der Waals surface area contributed by atoms with Crippen molar-refractivity contribution in [2.45, 2.75) is 24.9 Å². The summed E-state index contributed by atoms with van der Waals surface area (Å²) in [6.07, 6.45) is 2.49. The molecule has 1 fully saturated rings. The number of benzene rings is 1. The van der Waals surface area contributed by atoms with Crippen molar-refractivity contribution in [2.75, 3.05) is 13.7 Å². The van der Waals surface area contributed by atoms with Gasteiger partial charge in [-0.1, -0.05) is 18.2 Å². The zero-order valence-electron chi connectivity index (χ0n) is 14.2. The smallest absolute Gasteiger partial charge is 0.330 e. The number of methoxy groups -OCH3 is 1. The first-order valence-corrected chi connectivity index (χ1v) is 8.14. The molecule has 2 heterocycles. The van der Waals surface area contributed by atoms with Gasteiger partial charge in [0, 0.05) is 12.6 Å². The third kappa shape index (κ3) is 3.77. The molecule has 1 aliphatic heterocycles. The summed E-state index contributed by atoms with van der Waals surface area (Å²) in [5.41, 5.74) is -0.0255. The lowest BCUT2D eigenvalue weighted by Gasteiger charge is -2.14. The van der Waals surface area contributed by atoms with Gasteiger partial charge in [0.2, 0.25) is 0 Å². The molecule has 1 saturated heterocycles. The molecule has 0 saturated carbocycles. The van der Waals surface area contributed by atoms with Gasteiger partial charge in [0.05, 0.1) is 25.4 Å². The van der Waals surface area contributed by atoms with Gasteiger partial charge in [-0.3, -0.25) is 14.3 Å². The Labute approximate surface area is 149 Å². The highest BCUT2D eigenvalue weighted by atomic mass is 16.5. The fraction of sp³-hybridized carbons (Fsp3) is 0.333. The number of nitrogens with one attached hydrogen (secondary N) is 1. The SMILES string of the molecule is COc1ccc(C=Cc2cn([C@@H]3CC(O)[C@H](CO)O3)c(=O)[nH]c2=O)cc1. The molecular formula is C18H20N2O6. The van der Waals surface area contributed by atoms with Crippen LogP contribution >= 0.6 is 0 Å². The van der Waals surface area contributed by atoms with E-state index in [9.17, 15) is 14.7 Å². The maximum absolute atomic E-state index is 12.1. The average molecular weight is 360 g/mol. The maximum Gasteiger partial charge on any atom is 0.330 e. The van der Waals surface area contributed by atoms with Crippen LogP contribution in [0.5, 0.6) is 5.75 Å². The number of aliphatic hydroxyl groups is 2. The molecule has 3 N–H and O–H groups in total. The number of hydrogen-bond donors (Lipinski definition) is 3. The normalized spacial score (nSPS) is 22.8. The van der Waals surface area contributed by atoms with Crippen molar-refractivity contribution >= 4 is 12.2 Å². The molecule has 8 nitrogen and oxygen atoms in total. The standard InChI is InChI=1S/C18H20N2O6/c1-25-13-6-3-11(4-7-13)2-5-12-9-20(18(24)19-17(12)23)16-8-14(22)15(10-21)26-16/h2-7,9,14-16,21-22H,8,10H2,1H3,(H,19,23,24)/t14?,15-,16-/m0/s1. The fourth-order valence-corrected chi connectivity index (χ4v) is 2.78. The molecule has 0 spiro atoms. The number of hydrogen-bond acceptors (Lipinski definition) is 6. The van der Waals surface area contributed by atoms with Gasteiger partial charge < -0.3 is 19.7 Å². The highest BCUT2D eigenvalue weighted by Gasteiger charge is 2.35. The van der Waals surface area contributed by atoms with Gasteiger partial charge >= 0.3 is 5.69 Å². The van der Waals surface area contributed by atoms with E-state index in [2.05, 4.69) is 4.98 Å². The third-order valence-electron chi connectivity index (χ3n) is 4.26. The van der Waals surface area contributed by atoms with E-state index in [1.807, 2.05) is 12.1 Å². The van der Waals surface area contributed by atoms with E-state index in [0.717, 1.165) is 11.3 Å². The van der Waals surface area contributed by atoms with Crippen LogP contribution in [0.3, 0.4) is 0 Å². The van der Waals surface area contributed by atoms with Crippen molar-refractivity contribution in [3.8, 4) is 5.75 Å². The van der Waals surface area contributed by atoms with Crippen LogP contribution in [0.1, 0.15) is 23.8 Å². The Morgan fingerprint density at radius 3 is 2.65 bits per heavy atom. The summed E-state index contributed by atoms with van der Waals surface area (Å²) >= 11 is 0. The molecule has 3 rings (SSSR count). The van der Waals surface area contributed by atoms with Crippen LogP contribution in [0.2, 0.25) is 0 Å². The average Bonchev–Trinajstić information content (AvgIpc) is 3.02. The summed E-state index contributed by atoms with van der Waals surface area (Å²) < 4.78 is 11.8. The van der Waals surface area contributed by atoms with Crippen molar-refractivity contribution in [1.82, 2.24) is 9.55 Å². The Kier molecular flexibility index (Phi) is 5.36. The number of ether oxygens (including phenoxy) is 2. The number of aromatic nitrogens is 2. The van der Waals surface area contributed by atoms with Crippen LogP contribution in [0.15, 0.2) is 40.1 Å². The molecule has 0 aliphatic carbocycles. The molecule has 1 aliphatic rings. The number of aliphatic hydroxyl groups excluding tert-OH is 2. The van der Waals surface area contributed by atoms with E-state index in [1.54, 1.807) is 31.4 Å². The van der Waals surface area contributed by atoms with E-state index >= 15 is 0 Å². The van der Waals surface area contributed by atoms with E-state index in [4.69, 9.17) is 14.6 Å². The van der Waals surface area contributed by atoms with Crippen LogP contribution in [-0.2, 0) is 4.74 Å². The first kappa shape index (κ1) is 18.1. The topological polar surface area (TPSA) is 114 Å². The van der Waals surface area contributed by atoms with E-state index in [-0.39, 0.29) is 18.6 Å². The van der Waals surface area contributed by atoms with Crippen molar-refractivity contribution < 1.29 is 19.7 Å². The summed E-state index contributed by atoms with van der Waals surface area (Å²) in [6.45, 7) is -0.347. The minimum absolute atomic E-state index is 0.152. The zero-order valence-corrected chi connectivity index (χ0v) is 14.2. The van der Waals surface area contributed by atoms with Crippen LogP contribution in [0.4, 0.5) is 0 Å². The van der Waals surface area contributed by atoms with Gasteiger partial charge in [0.15, 0.2) is 0 Å². The molecule has 3 atom stereocenters. The maximum atomic E-state index is 12.1. The Morgan fingerprint density at radius 2 is 2.04 bits per heavy atom. The molecule has 1 aromatic carbocycles. The molecule has 26 heavy (non-hydrogen) atoms. The predicted molar refractivity (Wildman–Crippen MR) is 94.9 cm³/mol. The predicted octanol–water partition coefficient (Wildman–Crippen LogP) is 0.356. The Morgan fingerprint density at radius 1 is 1.31 bits per heavy atom. The van der Waals surface area contributed by atoms with Gasteiger partial charge in [-0.15, -0.1) is 0 Å². The van der Waals surface area contributed by atoms with Gasteiger partial charge in [0.25, 0.3) is 5.56 Å². The molecule has 0 amide bonds. The largest absolute Gasteiger partial charge is 0.497 e. The van der Waals surface area contributed by atoms with Crippen molar-refractivity contribution in [3.05, 3.63) is 62.4 Å². The lowest BCUT2D eigenvalue weighted by Crippen LogP contribution is -2.33. The first-order chi connectivity index (χ1) is 12.5. The quantitative estimate of drug-likeness (QED) is 0.709. The number of H-pyrrole nitrogens is 1. The molecule has 0 bridgehead atoms.